The minimum Gasteiger partial charge on any atom is -0.351 e. The van der Waals surface area contributed by atoms with E-state index in [1.54, 1.807) is 17.1 Å². The average molecular weight is 531 g/mol. The van der Waals surface area contributed by atoms with Crippen LogP contribution in [0.2, 0.25) is 5.02 Å². The number of hydrogen-bond donors (Lipinski definition) is 3. The van der Waals surface area contributed by atoms with E-state index in [4.69, 9.17) is 11.6 Å². The Kier molecular flexibility index (Phi) is 7.51. The molecule has 0 unspecified atom stereocenters. The molecule has 0 bridgehead atoms. The number of hydrogen-bond acceptors (Lipinski definition) is 7. The van der Waals surface area contributed by atoms with E-state index in [0.29, 0.717) is 34.5 Å². The summed E-state index contributed by atoms with van der Waals surface area (Å²) in [6.07, 6.45) is 9.81. The van der Waals surface area contributed by atoms with E-state index in [9.17, 15) is 10.1 Å². The summed E-state index contributed by atoms with van der Waals surface area (Å²) in [5.74, 6) is 0.409. The number of nitriles is 1. The lowest BCUT2D eigenvalue weighted by Gasteiger charge is -2.36. The monoisotopic (exact) mass is 530 g/mol. The summed E-state index contributed by atoms with van der Waals surface area (Å²) in [4.78, 5) is 24.0. The lowest BCUT2D eigenvalue weighted by Crippen LogP contribution is -2.48. The first-order valence-electron chi connectivity index (χ1n) is 12.3. The molecular weight excluding hydrogens is 504 g/mol. The largest absolute Gasteiger partial charge is 0.351 e. The molecule has 1 aliphatic carbocycles. The Balaban J connectivity index is 1.26. The molecule has 1 aliphatic rings. The molecule has 0 atom stereocenters. The molecule has 5 rings (SSSR count). The molecule has 0 saturated heterocycles. The second kappa shape index (κ2) is 11.3. The maximum atomic E-state index is 13.3. The predicted octanol–water partition coefficient (Wildman–Crippen LogP) is 4.26. The van der Waals surface area contributed by atoms with E-state index < -0.39 is 0 Å². The van der Waals surface area contributed by atoms with Gasteiger partial charge < -0.3 is 10.6 Å². The van der Waals surface area contributed by atoms with Crippen LogP contribution in [0.15, 0.2) is 55.1 Å². The van der Waals surface area contributed by atoms with Crippen molar-refractivity contribution in [1.29, 1.82) is 5.26 Å². The molecule has 1 aromatic carbocycles. The molecule has 1 fully saturated rings. The number of amides is 2. The van der Waals surface area contributed by atoms with Gasteiger partial charge in [-0.05, 0) is 31.2 Å². The number of rotatable bonds is 7. The van der Waals surface area contributed by atoms with Crippen molar-refractivity contribution < 1.29 is 4.79 Å². The van der Waals surface area contributed by atoms with Crippen LogP contribution in [-0.4, -0.2) is 48.1 Å². The van der Waals surface area contributed by atoms with Gasteiger partial charge in [0.15, 0.2) is 0 Å². The summed E-state index contributed by atoms with van der Waals surface area (Å²) in [7, 11) is 1.84. The second-order valence-corrected chi connectivity index (χ2v) is 9.59. The van der Waals surface area contributed by atoms with Crippen LogP contribution in [0, 0.1) is 11.3 Å². The van der Waals surface area contributed by atoms with E-state index in [0.717, 1.165) is 36.9 Å². The third-order valence-electron chi connectivity index (χ3n) is 6.60. The Morgan fingerprint density at radius 3 is 2.66 bits per heavy atom. The Labute approximate surface area is 224 Å². The van der Waals surface area contributed by atoms with Gasteiger partial charge in [0.05, 0.1) is 28.7 Å². The Bertz CT molecular complexity index is 1440. The van der Waals surface area contributed by atoms with Crippen LogP contribution in [0.4, 0.5) is 16.4 Å². The Morgan fingerprint density at radius 2 is 2.00 bits per heavy atom. The highest BCUT2D eigenvalue weighted by Gasteiger charge is 2.31. The van der Waals surface area contributed by atoms with Gasteiger partial charge in [-0.2, -0.15) is 15.5 Å². The summed E-state index contributed by atoms with van der Waals surface area (Å²) in [6.45, 7) is 0.450. The molecular formula is C26H27ClN10O. The third-order valence-corrected chi connectivity index (χ3v) is 6.89. The van der Waals surface area contributed by atoms with Crippen LogP contribution in [-0.2, 0) is 13.6 Å². The van der Waals surface area contributed by atoms with E-state index in [2.05, 4.69) is 42.0 Å². The lowest BCUT2D eigenvalue weighted by molar-refractivity contribution is 0.240. The van der Waals surface area contributed by atoms with Gasteiger partial charge in [-0.1, -0.05) is 41.9 Å². The van der Waals surface area contributed by atoms with Crippen molar-refractivity contribution in [1.82, 2.24) is 35.3 Å². The number of benzene rings is 1. The molecule has 3 heterocycles. The molecule has 0 radical (unpaired) electrons. The van der Waals surface area contributed by atoms with Crippen molar-refractivity contribution in [2.45, 2.75) is 44.3 Å². The van der Waals surface area contributed by atoms with Crippen LogP contribution >= 0.6 is 11.6 Å². The smallest absolute Gasteiger partial charge is 0.322 e. The van der Waals surface area contributed by atoms with Gasteiger partial charge in [0, 0.05) is 38.1 Å². The van der Waals surface area contributed by atoms with Crippen molar-refractivity contribution in [3.8, 4) is 17.5 Å². The zero-order chi connectivity index (χ0) is 26.5. The van der Waals surface area contributed by atoms with Crippen LogP contribution in [0.1, 0.15) is 36.8 Å². The van der Waals surface area contributed by atoms with Gasteiger partial charge in [-0.25, -0.2) is 14.8 Å². The number of halogens is 1. The Morgan fingerprint density at radius 1 is 1.21 bits per heavy atom. The van der Waals surface area contributed by atoms with Gasteiger partial charge in [0.2, 0.25) is 5.95 Å². The quantitative estimate of drug-likeness (QED) is 0.324. The van der Waals surface area contributed by atoms with Crippen LogP contribution < -0.4 is 15.5 Å². The number of nitrogens with zero attached hydrogens (tertiary/aromatic N) is 7. The fourth-order valence-corrected chi connectivity index (χ4v) is 4.88. The number of carbonyl (C=O) groups is 1. The molecule has 38 heavy (non-hydrogen) atoms. The van der Waals surface area contributed by atoms with E-state index >= 15 is 0 Å². The normalized spacial score (nSPS) is 17.0. The number of aromatic amines is 1. The van der Waals surface area contributed by atoms with Gasteiger partial charge in [-0.15, -0.1) is 0 Å². The van der Waals surface area contributed by atoms with Crippen molar-refractivity contribution in [3.05, 3.63) is 71.3 Å². The summed E-state index contributed by atoms with van der Waals surface area (Å²) < 4.78 is 1.70. The highest BCUT2D eigenvalue weighted by Crippen LogP contribution is 2.30. The van der Waals surface area contributed by atoms with Gasteiger partial charge in [-0.3, -0.25) is 14.7 Å². The number of aryl methyl sites for hydroxylation is 1. The number of H-pyrrole nitrogens is 1. The molecule has 4 aromatic rings. The lowest BCUT2D eigenvalue weighted by atomic mass is 9.90. The van der Waals surface area contributed by atoms with E-state index in [1.807, 2.05) is 48.5 Å². The zero-order valence-electron chi connectivity index (χ0n) is 20.8. The minimum absolute atomic E-state index is 0.0216. The van der Waals surface area contributed by atoms with Crippen LogP contribution in [0.25, 0.3) is 11.4 Å². The zero-order valence-corrected chi connectivity index (χ0v) is 21.6. The number of carbonyl (C=O) groups excluding carboxylic acids is 1. The van der Waals surface area contributed by atoms with Crippen molar-refractivity contribution in [2.24, 2.45) is 7.05 Å². The van der Waals surface area contributed by atoms with Gasteiger partial charge in [0.25, 0.3) is 0 Å². The summed E-state index contributed by atoms with van der Waals surface area (Å²) in [5.41, 5.74) is 2.89. The first kappa shape index (κ1) is 25.2. The maximum Gasteiger partial charge on any atom is 0.322 e. The van der Waals surface area contributed by atoms with Crippen LogP contribution in [0.5, 0.6) is 0 Å². The van der Waals surface area contributed by atoms with Crippen molar-refractivity contribution in [3.63, 3.8) is 0 Å². The fourth-order valence-electron chi connectivity index (χ4n) is 4.70. The molecule has 0 spiro atoms. The van der Waals surface area contributed by atoms with Crippen molar-refractivity contribution >= 4 is 29.3 Å². The topological polar surface area (TPSA) is 140 Å². The molecule has 2 amide bonds. The maximum absolute atomic E-state index is 13.3. The van der Waals surface area contributed by atoms with Crippen LogP contribution in [0.3, 0.4) is 0 Å². The molecule has 11 nitrogen and oxygen atoms in total. The van der Waals surface area contributed by atoms with Gasteiger partial charge in [0.1, 0.15) is 17.5 Å². The SMILES string of the molecule is Cn1cc(N(C(=O)NCc2ccccc2)[C@H]2CC[C@H](Nc3ncc(C#N)c(-c4n[nH]cc4Cl)n3)CC2)cn1. The summed E-state index contributed by atoms with van der Waals surface area (Å²) in [6, 6.07) is 11.9. The van der Waals surface area contributed by atoms with Crippen molar-refractivity contribution in [2.75, 3.05) is 10.2 Å². The molecule has 1 saturated carbocycles. The molecule has 3 aromatic heterocycles. The summed E-state index contributed by atoms with van der Waals surface area (Å²) in [5, 5.41) is 27.4. The summed E-state index contributed by atoms with van der Waals surface area (Å²) >= 11 is 6.20. The molecule has 3 N–H and O–H groups in total. The number of anilines is 2. The molecule has 0 aliphatic heterocycles. The molecule has 194 valence electrons. The fraction of sp³-hybridized carbons (Fsp3) is 0.308. The Hall–Kier alpha value is -4.43. The highest BCUT2D eigenvalue weighted by atomic mass is 35.5. The predicted molar refractivity (Wildman–Crippen MR) is 143 cm³/mol. The number of aromatic nitrogens is 6. The molecule has 12 heteroatoms. The van der Waals surface area contributed by atoms with E-state index in [1.165, 1.54) is 6.20 Å². The van der Waals surface area contributed by atoms with Gasteiger partial charge >= 0.3 is 6.03 Å². The first-order chi connectivity index (χ1) is 18.5. The van der Waals surface area contributed by atoms with E-state index in [-0.39, 0.29) is 18.1 Å². The third kappa shape index (κ3) is 5.60. The highest BCUT2D eigenvalue weighted by molar-refractivity contribution is 6.32. The number of nitrogens with one attached hydrogen (secondary N) is 3. The number of urea groups is 1. The average Bonchev–Trinajstić information content (AvgIpc) is 3.57. The minimum atomic E-state index is -0.144. The standard InChI is InChI=1S/C26H27ClN10O/c1-36-16-21(14-32-36)37(26(38)30-12-17-5-3-2-4-6-17)20-9-7-19(8-10-20)33-25-29-13-18(11-28)23(34-25)24-22(27)15-31-35-24/h2-6,13-16,19-20H,7-10,12H2,1H3,(H,30,38)(H,31,35)(H,29,33,34)/t19-,20-. The second-order valence-electron chi connectivity index (χ2n) is 9.19. The first-order valence-corrected chi connectivity index (χ1v) is 12.7.